The van der Waals surface area contributed by atoms with Crippen LogP contribution in [0.4, 0.5) is 0 Å². The van der Waals surface area contributed by atoms with Crippen molar-refractivity contribution < 1.29 is 9.53 Å². The Bertz CT molecular complexity index is 774. The first-order valence-corrected chi connectivity index (χ1v) is 9.67. The molecule has 2 heterocycles. The number of hydrogen-bond acceptors (Lipinski definition) is 4. The van der Waals surface area contributed by atoms with E-state index in [0.717, 1.165) is 44.1 Å². The fraction of sp³-hybridized carbons (Fsp3) is 0.524. The Balaban J connectivity index is 1.72. The molecule has 0 bridgehead atoms. The molecule has 0 aliphatic carbocycles. The van der Waals surface area contributed by atoms with Gasteiger partial charge < -0.3 is 10.1 Å². The lowest BCUT2D eigenvalue weighted by Crippen LogP contribution is -2.55. The van der Waals surface area contributed by atoms with Gasteiger partial charge >= 0.3 is 0 Å². The summed E-state index contributed by atoms with van der Waals surface area (Å²) < 4.78 is 7.29. The number of nitrogens with zero attached hydrogens (tertiary/aromatic N) is 3. The van der Waals surface area contributed by atoms with E-state index in [1.807, 2.05) is 16.8 Å². The fourth-order valence-corrected chi connectivity index (χ4v) is 3.48. The van der Waals surface area contributed by atoms with Crippen LogP contribution < -0.4 is 5.32 Å². The van der Waals surface area contributed by atoms with Gasteiger partial charge in [-0.2, -0.15) is 5.10 Å². The Morgan fingerprint density at radius 3 is 2.52 bits per heavy atom. The van der Waals surface area contributed by atoms with Gasteiger partial charge in [-0.15, -0.1) is 0 Å². The molecule has 6 nitrogen and oxygen atoms in total. The van der Waals surface area contributed by atoms with Crippen LogP contribution in [0.25, 0.3) is 5.69 Å². The predicted octanol–water partition coefficient (Wildman–Crippen LogP) is 2.58. The number of aryl methyl sites for hydroxylation is 1. The lowest BCUT2D eigenvalue weighted by atomic mass is 10.0. The number of aromatic nitrogens is 2. The lowest BCUT2D eigenvalue weighted by molar-refractivity contribution is -0.00923. The van der Waals surface area contributed by atoms with Crippen LogP contribution in [0.3, 0.4) is 0 Å². The Hall–Kier alpha value is -2.18. The van der Waals surface area contributed by atoms with Crippen molar-refractivity contribution in [3.8, 4) is 5.69 Å². The molecule has 0 saturated carbocycles. The van der Waals surface area contributed by atoms with Crippen molar-refractivity contribution in [3.05, 3.63) is 47.3 Å². The SMILES string of the molecule is CCc1c(C(=O)NCC(C)(C)N2CCOCC2)cnn1-c1ccc(C)cc1. The first-order chi connectivity index (χ1) is 12.9. The van der Waals surface area contributed by atoms with Gasteiger partial charge in [-0.05, 0) is 39.3 Å². The molecule has 0 atom stereocenters. The zero-order chi connectivity index (χ0) is 19.4. The zero-order valence-corrected chi connectivity index (χ0v) is 16.8. The summed E-state index contributed by atoms with van der Waals surface area (Å²) in [6.07, 6.45) is 2.42. The zero-order valence-electron chi connectivity index (χ0n) is 16.8. The summed E-state index contributed by atoms with van der Waals surface area (Å²) in [7, 11) is 0. The van der Waals surface area contributed by atoms with Crippen molar-refractivity contribution >= 4 is 5.91 Å². The molecule has 1 saturated heterocycles. The van der Waals surface area contributed by atoms with E-state index in [1.165, 1.54) is 5.56 Å². The quantitative estimate of drug-likeness (QED) is 0.849. The van der Waals surface area contributed by atoms with Crippen LogP contribution in [0.15, 0.2) is 30.5 Å². The lowest BCUT2D eigenvalue weighted by Gasteiger charge is -2.40. The molecule has 27 heavy (non-hydrogen) atoms. The van der Waals surface area contributed by atoms with E-state index >= 15 is 0 Å². The van der Waals surface area contributed by atoms with E-state index in [2.05, 4.69) is 55.1 Å². The maximum absolute atomic E-state index is 12.8. The summed E-state index contributed by atoms with van der Waals surface area (Å²) in [6.45, 7) is 12.3. The van der Waals surface area contributed by atoms with E-state index in [1.54, 1.807) is 6.20 Å². The molecule has 3 rings (SSSR count). The van der Waals surface area contributed by atoms with Gasteiger partial charge in [0, 0.05) is 25.2 Å². The van der Waals surface area contributed by atoms with Gasteiger partial charge in [0.25, 0.3) is 5.91 Å². The summed E-state index contributed by atoms with van der Waals surface area (Å²) in [6, 6.07) is 8.18. The van der Waals surface area contributed by atoms with Crippen molar-refractivity contribution in [3.63, 3.8) is 0 Å². The van der Waals surface area contributed by atoms with Crippen molar-refractivity contribution in [1.29, 1.82) is 0 Å². The molecule has 1 aromatic heterocycles. The summed E-state index contributed by atoms with van der Waals surface area (Å²) in [5, 5.41) is 7.58. The van der Waals surface area contributed by atoms with Gasteiger partial charge in [0.15, 0.2) is 0 Å². The highest BCUT2D eigenvalue weighted by Crippen LogP contribution is 2.18. The van der Waals surface area contributed by atoms with Gasteiger partial charge in [0.1, 0.15) is 0 Å². The highest BCUT2D eigenvalue weighted by molar-refractivity contribution is 5.95. The fourth-order valence-electron chi connectivity index (χ4n) is 3.48. The first kappa shape index (κ1) is 19.6. The number of carbonyl (C=O) groups excluding carboxylic acids is 1. The highest BCUT2D eigenvalue weighted by Gasteiger charge is 2.29. The molecule has 1 aliphatic heterocycles. The molecule has 1 aromatic carbocycles. The second-order valence-corrected chi connectivity index (χ2v) is 7.70. The standard InChI is InChI=1S/C21H30N4O2/c1-5-19-18(14-23-25(19)17-8-6-16(2)7-9-17)20(26)22-15-21(3,4)24-10-12-27-13-11-24/h6-9,14H,5,10-13,15H2,1-4H3,(H,22,26). The molecule has 0 spiro atoms. The average molecular weight is 370 g/mol. The van der Waals surface area contributed by atoms with Gasteiger partial charge in [0.2, 0.25) is 0 Å². The predicted molar refractivity (Wildman–Crippen MR) is 106 cm³/mol. The second-order valence-electron chi connectivity index (χ2n) is 7.70. The molecule has 1 fully saturated rings. The molecule has 1 amide bonds. The van der Waals surface area contributed by atoms with Crippen molar-refractivity contribution in [1.82, 2.24) is 20.0 Å². The Kier molecular flexibility index (Phi) is 5.97. The molecular weight excluding hydrogens is 340 g/mol. The van der Waals surface area contributed by atoms with Crippen LogP contribution in [0.2, 0.25) is 0 Å². The topological polar surface area (TPSA) is 59.4 Å². The van der Waals surface area contributed by atoms with Crippen LogP contribution >= 0.6 is 0 Å². The molecule has 1 aliphatic rings. The van der Waals surface area contributed by atoms with E-state index in [-0.39, 0.29) is 11.4 Å². The molecule has 0 unspecified atom stereocenters. The third-order valence-electron chi connectivity index (χ3n) is 5.28. The average Bonchev–Trinajstić information content (AvgIpc) is 3.11. The maximum atomic E-state index is 12.8. The summed E-state index contributed by atoms with van der Waals surface area (Å²) in [4.78, 5) is 15.2. The monoisotopic (exact) mass is 370 g/mol. The second kappa shape index (κ2) is 8.23. The molecule has 2 aromatic rings. The number of rotatable bonds is 6. The van der Waals surface area contributed by atoms with Gasteiger partial charge in [-0.1, -0.05) is 24.6 Å². The van der Waals surface area contributed by atoms with Crippen LogP contribution in [0.5, 0.6) is 0 Å². The minimum Gasteiger partial charge on any atom is -0.379 e. The molecule has 0 radical (unpaired) electrons. The van der Waals surface area contributed by atoms with Crippen molar-refractivity contribution in [2.45, 2.75) is 39.7 Å². The number of hydrogen-bond donors (Lipinski definition) is 1. The van der Waals surface area contributed by atoms with Crippen LogP contribution in [-0.4, -0.2) is 59.0 Å². The first-order valence-electron chi connectivity index (χ1n) is 9.67. The van der Waals surface area contributed by atoms with Gasteiger partial charge in [-0.25, -0.2) is 4.68 Å². The third-order valence-corrected chi connectivity index (χ3v) is 5.28. The van der Waals surface area contributed by atoms with E-state index in [9.17, 15) is 4.79 Å². The smallest absolute Gasteiger partial charge is 0.254 e. The van der Waals surface area contributed by atoms with Gasteiger partial charge in [0.05, 0.1) is 36.4 Å². The number of carbonyl (C=O) groups is 1. The summed E-state index contributed by atoms with van der Waals surface area (Å²) in [5.74, 6) is -0.0634. The number of amides is 1. The number of ether oxygens (including phenoxy) is 1. The van der Waals surface area contributed by atoms with Gasteiger partial charge in [-0.3, -0.25) is 9.69 Å². The Morgan fingerprint density at radius 1 is 1.22 bits per heavy atom. The largest absolute Gasteiger partial charge is 0.379 e. The summed E-state index contributed by atoms with van der Waals surface area (Å²) >= 11 is 0. The minimum absolute atomic E-state index is 0.0634. The Labute approximate surface area is 161 Å². The minimum atomic E-state index is -0.112. The van der Waals surface area contributed by atoms with Crippen LogP contribution in [0, 0.1) is 6.92 Å². The molecule has 6 heteroatoms. The summed E-state index contributed by atoms with van der Waals surface area (Å²) in [5.41, 5.74) is 3.65. The third kappa shape index (κ3) is 4.39. The molecule has 146 valence electrons. The number of morpholine rings is 1. The molecular formula is C21H30N4O2. The highest BCUT2D eigenvalue weighted by atomic mass is 16.5. The Morgan fingerprint density at radius 2 is 1.89 bits per heavy atom. The van der Waals surface area contributed by atoms with E-state index in [4.69, 9.17) is 4.74 Å². The van der Waals surface area contributed by atoms with E-state index < -0.39 is 0 Å². The number of benzene rings is 1. The van der Waals surface area contributed by atoms with E-state index in [0.29, 0.717) is 12.1 Å². The van der Waals surface area contributed by atoms with Crippen molar-refractivity contribution in [2.24, 2.45) is 0 Å². The van der Waals surface area contributed by atoms with Crippen LogP contribution in [-0.2, 0) is 11.2 Å². The van der Waals surface area contributed by atoms with Crippen LogP contribution in [0.1, 0.15) is 42.4 Å². The molecule has 1 N–H and O–H groups in total. The normalized spacial score (nSPS) is 15.7. The van der Waals surface area contributed by atoms with Crippen molar-refractivity contribution in [2.75, 3.05) is 32.8 Å². The number of nitrogens with one attached hydrogen (secondary N) is 1. The maximum Gasteiger partial charge on any atom is 0.254 e.